The average Bonchev–Trinajstić information content (AvgIpc) is 2.65. The third-order valence-electron chi connectivity index (χ3n) is 4.11. The normalized spacial score (nSPS) is 12.8. The number of nitrogens with two attached hydrogens (primary N) is 1. The molecule has 0 aliphatic rings. The fourth-order valence-corrected chi connectivity index (χ4v) is 3.41. The Hall–Kier alpha value is -2.31. The number of ether oxygens (including phenoxy) is 1. The molecule has 162 valence electrons. The predicted octanol–water partition coefficient (Wildman–Crippen LogP) is 1.84. The number of halogens is 3. The zero-order valence-electron chi connectivity index (χ0n) is 15.9. The Morgan fingerprint density at radius 3 is 2.47 bits per heavy atom. The summed E-state index contributed by atoms with van der Waals surface area (Å²) >= 11 is 2.19. The van der Waals surface area contributed by atoms with Crippen LogP contribution in [-0.4, -0.2) is 42.4 Å². The highest BCUT2D eigenvalue weighted by Crippen LogP contribution is 2.12. The van der Waals surface area contributed by atoms with E-state index in [0.717, 1.165) is 27.3 Å². The summed E-state index contributed by atoms with van der Waals surface area (Å²) in [4.78, 5) is 22.7. The van der Waals surface area contributed by atoms with Gasteiger partial charge in [0.15, 0.2) is 6.61 Å². The van der Waals surface area contributed by atoms with Crippen LogP contribution < -0.4 is 16.4 Å². The quantitative estimate of drug-likeness (QED) is 0.349. The monoisotopic (exact) mass is 533 g/mol. The molecule has 0 spiro atoms. The van der Waals surface area contributed by atoms with Gasteiger partial charge in [0.2, 0.25) is 0 Å². The highest BCUT2D eigenvalue weighted by Gasteiger charge is 2.22. The predicted molar refractivity (Wildman–Crippen MR) is 114 cm³/mol. The third-order valence-corrected chi connectivity index (χ3v) is 4.78. The number of primary amides is 1. The number of hydrogen-bond acceptors (Lipinski definition) is 5. The van der Waals surface area contributed by atoms with Crippen LogP contribution in [-0.2, 0) is 22.5 Å². The van der Waals surface area contributed by atoms with E-state index in [4.69, 9.17) is 5.73 Å². The summed E-state index contributed by atoms with van der Waals surface area (Å²) in [5, 5.41) is 16.2. The molecule has 30 heavy (non-hydrogen) atoms. The number of carbonyl (C=O) groups is 2. The van der Waals surface area contributed by atoms with Crippen LogP contribution in [0.25, 0.3) is 0 Å². The zero-order chi connectivity index (χ0) is 22.1. The van der Waals surface area contributed by atoms with E-state index in [1.807, 2.05) is 24.3 Å². The summed E-state index contributed by atoms with van der Waals surface area (Å²) in [7, 11) is 0. The van der Waals surface area contributed by atoms with Gasteiger partial charge < -0.3 is 26.2 Å². The molecule has 0 aliphatic heterocycles. The van der Waals surface area contributed by atoms with Crippen LogP contribution in [0.3, 0.4) is 0 Å². The van der Waals surface area contributed by atoms with Crippen molar-refractivity contribution < 1.29 is 28.2 Å². The molecule has 10 heteroatoms. The molecule has 0 radical (unpaired) electrons. The number of aliphatic hydroxyl groups excluding tert-OH is 1. The van der Waals surface area contributed by atoms with Crippen molar-refractivity contribution in [2.75, 3.05) is 13.2 Å². The maximum Gasteiger partial charge on any atom is 0.405 e. The minimum Gasteiger partial charge on any atom is -0.440 e. The van der Waals surface area contributed by atoms with Crippen LogP contribution in [0.5, 0.6) is 0 Å². The van der Waals surface area contributed by atoms with Crippen molar-refractivity contribution >= 4 is 34.6 Å². The number of aliphatic hydroxyl groups is 1. The first-order valence-electron chi connectivity index (χ1n) is 9.02. The standard InChI is InChI=1S/C20H22F2IN3O4/c21-14-4-13(5-15(22)8-14)7-17(26-19(28)11-30-20(24)29)18(27)10-25-9-12-2-1-3-16(23)6-12/h1-6,8,17-18,25,27H,7,9-11H2,(H2,24,29)(H,26,28)/t17-,18+/m0/s1. The molecule has 7 nitrogen and oxygen atoms in total. The van der Waals surface area contributed by atoms with Gasteiger partial charge in [-0.3, -0.25) is 4.79 Å². The van der Waals surface area contributed by atoms with Gasteiger partial charge in [0, 0.05) is 22.7 Å². The summed E-state index contributed by atoms with van der Waals surface area (Å²) in [6.07, 6.45) is -2.24. The minimum absolute atomic E-state index is 0.0386. The highest BCUT2D eigenvalue weighted by atomic mass is 127. The molecule has 0 saturated heterocycles. The lowest BCUT2D eigenvalue weighted by atomic mass is 10.0. The lowest BCUT2D eigenvalue weighted by Crippen LogP contribution is -2.49. The Morgan fingerprint density at radius 2 is 1.83 bits per heavy atom. The molecular formula is C20H22F2IN3O4. The van der Waals surface area contributed by atoms with Gasteiger partial charge >= 0.3 is 6.09 Å². The molecule has 2 amide bonds. The Bertz CT molecular complexity index is 865. The van der Waals surface area contributed by atoms with Crippen molar-refractivity contribution in [2.24, 2.45) is 5.73 Å². The Morgan fingerprint density at radius 1 is 1.13 bits per heavy atom. The highest BCUT2D eigenvalue weighted by molar-refractivity contribution is 14.1. The molecule has 0 saturated carbocycles. The Labute approximate surface area is 186 Å². The SMILES string of the molecule is NC(=O)OCC(=O)N[C@@H](Cc1cc(F)cc(F)c1)[C@H](O)CNCc1cccc(I)c1. The lowest BCUT2D eigenvalue weighted by Gasteiger charge is -2.25. The fraction of sp³-hybridized carbons (Fsp3) is 0.300. The van der Waals surface area contributed by atoms with Gasteiger partial charge in [0.25, 0.3) is 5.91 Å². The van der Waals surface area contributed by atoms with Gasteiger partial charge in [-0.1, -0.05) is 12.1 Å². The first kappa shape index (κ1) is 24.0. The van der Waals surface area contributed by atoms with Gasteiger partial charge in [-0.2, -0.15) is 0 Å². The van der Waals surface area contributed by atoms with E-state index in [-0.39, 0.29) is 18.5 Å². The molecule has 2 atom stereocenters. The van der Waals surface area contributed by atoms with E-state index in [1.165, 1.54) is 0 Å². The second-order valence-electron chi connectivity index (χ2n) is 6.59. The van der Waals surface area contributed by atoms with Crippen molar-refractivity contribution in [1.82, 2.24) is 10.6 Å². The summed E-state index contributed by atoms with van der Waals surface area (Å²) in [6, 6.07) is 9.86. The van der Waals surface area contributed by atoms with Gasteiger partial charge in [-0.05, 0) is 64.4 Å². The third kappa shape index (κ3) is 8.59. The number of hydrogen-bond donors (Lipinski definition) is 4. The molecule has 0 aromatic heterocycles. The maximum atomic E-state index is 13.5. The van der Waals surface area contributed by atoms with Crippen LogP contribution in [0, 0.1) is 15.2 Å². The molecule has 5 N–H and O–H groups in total. The number of rotatable bonds is 10. The molecule has 2 aromatic carbocycles. The summed E-state index contributed by atoms with van der Waals surface area (Å²) < 4.78 is 32.5. The Balaban J connectivity index is 2.02. The van der Waals surface area contributed by atoms with Crippen LogP contribution in [0.2, 0.25) is 0 Å². The van der Waals surface area contributed by atoms with Crippen LogP contribution in [0.15, 0.2) is 42.5 Å². The smallest absolute Gasteiger partial charge is 0.405 e. The first-order valence-corrected chi connectivity index (χ1v) is 10.1. The summed E-state index contributed by atoms with van der Waals surface area (Å²) in [5.41, 5.74) is 6.10. The molecule has 0 unspecified atom stereocenters. The average molecular weight is 533 g/mol. The van der Waals surface area contributed by atoms with E-state index in [0.29, 0.717) is 6.54 Å². The fourth-order valence-electron chi connectivity index (χ4n) is 2.80. The number of nitrogens with one attached hydrogen (secondary N) is 2. The minimum atomic E-state index is -1.12. The van der Waals surface area contributed by atoms with E-state index < -0.39 is 42.4 Å². The molecule has 0 heterocycles. The molecular weight excluding hydrogens is 511 g/mol. The first-order chi connectivity index (χ1) is 14.2. The molecule has 0 aliphatic carbocycles. The second-order valence-corrected chi connectivity index (χ2v) is 7.84. The molecule has 0 fully saturated rings. The van der Waals surface area contributed by atoms with E-state index in [9.17, 15) is 23.5 Å². The summed E-state index contributed by atoms with van der Waals surface area (Å²) in [5.74, 6) is -2.23. The number of amides is 2. The second kappa shape index (κ2) is 11.8. The van der Waals surface area contributed by atoms with Gasteiger partial charge in [0.1, 0.15) is 11.6 Å². The van der Waals surface area contributed by atoms with Crippen LogP contribution in [0.1, 0.15) is 11.1 Å². The van der Waals surface area contributed by atoms with Crippen molar-refractivity contribution in [3.05, 3.63) is 68.8 Å². The lowest BCUT2D eigenvalue weighted by molar-refractivity contribution is -0.125. The van der Waals surface area contributed by atoms with E-state index in [2.05, 4.69) is 38.0 Å². The topological polar surface area (TPSA) is 114 Å². The number of benzene rings is 2. The largest absolute Gasteiger partial charge is 0.440 e. The van der Waals surface area contributed by atoms with Gasteiger partial charge in [0.05, 0.1) is 12.1 Å². The summed E-state index contributed by atoms with van der Waals surface area (Å²) in [6.45, 7) is -0.0508. The van der Waals surface area contributed by atoms with Crippen LogP contribution >= 0.6 is 22.6 Å². The van der Waals surface area contributed by atoms with Gasteiger partial charge in [-0.25, -0.2) is 13.6 Å². The number of carbonyl (C=O) groups excluding carboxylic acids is 2. The molecule has 0 bridgehead atoms. The van der Waals surface area contributed by atoms with Crippen molar-refractivity contribution in [1.29, 1.82) is 0 Å². The Kier molecular flexibility index (Phi) is 9.40. The maximum absolute atomic E-state index is 13.5. The zero-order valence-corrected chi connectivity index (χ0v) is 18.1. The van der Waals surface area contributed by atoms with E-state index >= 15 is 0 Å². The van der Waals surface area contributed by atoms with E-state index in [1.54, 1.807) is 0 Å². The van der Waals surface area contributed by atoms with Crippen LogP contribution in [0.4, 0.5) is 13.6 Å². The van der Waals surface area contributed by atoms with Gasteiger partial charge in [-0.15, -0.1) is 0 Å². The van der Waals surface area contributed by atoms with Crippen molar-refractivity contribution in [2.45, 2.75) is 25.1 Å². The molecule has 2 rings (SSSR count). The molecule has 2 aromatic rings. The van der Waals surface area contributed by atoms with Crippen molar-refractivity contribution in [3.63, 3.8) is 0 Å². The van der Waals surface area contributed by atoms with Crippen molar-refractivity contribution in [3.8, 4) is 0 Å².